The summed E-state index contributed by atoms with van der Waals surface area (Å²) in [5, 5.41) is 0. The molecule has 1 aromatic rings. The SMILES string of the molecule is CCN(CC)c1cc(C2CCCCC2)ccc1N. The summed E-state index contributed by atoms with van der Waals surface area (Å²) in [6.45, 7) is 6.43. The summed E-state index contributed by atoms with van der Waals surface area (Å²) in [6.07, 6.45) is 6.88. The maximum absolute atomic E-state index is 6.13. The standard InChI is InChI=1S/C16H26N2/c1-3-18(4-2)16-12-14(10-11-15(16)17)13-8-6-5-7-9-13/h10-13H,3-9,17H2,1-2H3. The van der Waals surface area contributed by atoms with Gasteiger partial charge < -0.3 is 10.6 Å². The quantitative estimate of drug-likeness (QED) is 0.808. The summed E-state index contributed by atoms with van der Waals surface area (Å²) in [5.74, 6) is 0.758. The summed E-state index contributed by atoms with van der Waals surface area (Å²) >= 11 is 0. The third-order valence-corrected chi connectivity index (χ3v) is 4.24. The number of benzene rings is 1. The first-order chi connectivity index (χ1) is 8.76. The van der Waals surface area contributed by atoms with Crippen molar-refractivity contribution in [3.05, 3.63) is 23.8 Å². The highest BCUT2D eigenvalue weighted by atomic mass is 15.1. The van der Waals surface area contributed by atoms with E-state index in [-0.39, 0.29) is 0 Å². The number of anilines is 2. The van der Waals surface area contributed by atoms with Gasteiger partial charge in [0.15, 0.2) is 0 Å². The first kappa shape index (κ1) is 13.3. The Balaban J connectivity index is 2.24. The van der Waals surface area contributed by atoms with Crippen LogP contribution in [0.5, 0.6) is 0 Å². The third kappa shape index (κ3) is 2.80. The maximum atomic E-state index is 6.13. The molecule has 1 fully saturated rings. The van der Waals surface area contributed by atoms with E-state index < -0.39 is 0 Å². The topological polar surface area (TPSA) is 29.3 Å². The Morgan fingerprint density at radius 3 is 2.39 bits per heavy atom. The molecule has 0 aromatic heterocycles. The number of hydrogen-bond acceptors (Lipinski definition) is 2. The summed E-state index contributed by atoms with van der Waals surface area (Å²) in [7, 11) is 0. The Labute approximate surface area is 111 Å². The summed E-state index contributed by atoms with van der Waals surface area (Å²) in [4.78, 5) is 2.35. The van der Waals surface area contributed by atoms with Crippen molar-refractivity contribution in [3.8, 4) is 0 Å². The molecule has 0 saturated heterocycles. The van der Waals surface area contributed by atoms with E-state index >= 15 is 0 Å². The number of nitrogens with two attached hydrogens (primary N) is 1. The number of nitrogens with zero attached hydrogens (tertiary/aromatic N) is 1. The van der Waals surface area contributed by atoms with E-state index in [1.165, 1.54) is 43.4 Å². The van der Waals surface area contributed by atoms with E-state index in [0.29, 0.717) is 0 Å². The van der Waals surface area contributed by atoms with Crippen LogP contribution in [0, 0.1) is 0 Å². The first-order valence-electron chi connectivity index (χ1n) is 7.40. The monoisotopic (exact) mass is 246 g/mol. The summed E-state index contributed by atoms with van der Waals surface area (Å²) in [6, 6.07) is 6.66. The second-order valence-corrected chi connectivity index (χ2v) is 5.33. The molecule has 0 amide bonds. The molecular formula is C16H26N2. The van der Waals surface area contributed by atoms with E-state index in [1.54, 1.807) is 0 Å². The molecule has 0 unspecified atom stereocenters. The molecule has 1 aliphatic carbocycles. The van der Waals surface area contributed by atoms with E-state index in [4.69, 9.17) is 5.73 Å². The van der Waals surface area contributed by atoms with Gasteiger partial charge in [-0.05, 0) is 50.3 Å². The summed E-state index contributed by atoms with van der Waals surface area (Å²) in [5.41, 5.74) is 9.76. The lowest BCUT2D eigenvalue weighted by Gasteiger charge is -2.27. The molecule has 2 heteroatoms. The third-order valence-electron chi connectivity index (χ3n) is 4.24. The van der Waals surface area contributed by atoms with E-state index in [1.807, 2.05) is 0 Å². The van der Waals surface area contributed by atoms with Crippen molar-refractivity contribution in [3.63, 3.8) is 0 Å². The molecule has 100 valence electrons. The molecule has 0 heterocycles. The van der Waals surface area contributed by atoms with Gasteiger partial charge in [0.1, 0.15) is 0 Å². The molecule has 0 spiro atoms. The second kappa shape index (κ2) is 6.12. The normalized spacial score (nSPS) is 16.8. The molecular weight excluding hydrogens is 220 g/mol. The fraction of sp³-hybridized carbons (Fsp3) is 0.625. The molecule has 1 aliphatic rings. The van der Waals surface area contributed by atoms with Crippen molar-refractivity contribution in [1.82, 2.24) is 0 Å². The maximum Gasteiger partial charge on any atom is 0.0602 e. The van der Waals surface area contributed by atoms with Gasteiger partial charge in [-0.2, -0.15) is 0 Å². The number of hydrogen-bond donors (Lipinski definition) is 1. The van der Waals surface area contributed by atoms with Gasteiger partial charge in [-0.15, -0.1) is 0 Å². The predicted molar refractivity (Wildman–Crippen MR) is 80.2 cm³/mol. The fourth-order valence-electron chi connectivity index (χ4n) is 3.09. The second-order valence-electron chi connectivity index (χ2n) is 5.33. The molecule has 2 N–H and O–H groups in total. The lowest BCUT2D eigenvalue weighted by atomic mass is 9.84. The van der Waals surface area contributed by atoms with E-state index in [9.17, 15) is 0 Å². The average Bonchev–Trinajstić information content (AvgIpc) is 2.43. The average molecular weight is 246 g/mol. The zero-order valence-corrected chi connectivity index (χ0v) is 11.8. The molecule has 0 aliphatic heterocycles. The van der Waals surface area contributed by atoms with Crippen molar-refractivity contribution in [2.24, 2.45) is 0 Å². The van der Waals surface area contributed by atoms with Crippen LogP contribution >= 0.6 is 0 Å². The Bertz CT molecular complexity index is 377. The highest BCUT2D eigenvalue weighted by Gasteiger charge is 2.17. The van der Waals surface area contributed by atoms with Crippen molar-refractivity contribution < 1.29 is 0 Å². The van der Waals surface area contributed by atoms with Gasteiger partial charge in [0.05, 0.1) is 11.4 Å². The van der Waals surface area contributed by atoms with Gasteiger partial charge in [-0.1, -0.05) is 25.3 Å². The first-order valence-corrected chi connectivity index (χ1v) is 7.40. The van der Waals surface area contributed by atoms with Crippen LogP contribution < -0.4 is 10.6 Å². The molecule has 18 heavy (non-hydrogen) atoms. The molecule has 0 atom stereocenters. The summed E-state index contributed by atoms with van der Waals surface area (Å²) < 4.78 is 0. The van der Waals surface area contributed by atoms with Gasteiger partial charge in [-0.3, -0.25) is 0 Å². The predicted octanol–water partition coefficient (Wildman–Crippen LogP) is 4.16. The highest BCUT2D eigenvalue weighted by molar-refractivity contribution is 5.68. The van der Waals surface area contributed by atoms with Crippen LogP contribution in [0.25, 0.3) is 0 Å². The minimum absolute atomic E-state index is 0.758. The van der Waals surface area contributed by atoms with Crippen LogP contribution in [0.4, 0.5) is 11.4 Å². The van der Waals surface area contributed by atoms with Crippen LogP contribution in [0.15, 0.2) is 18.2 Å². The Hall–Kier alpha value is -1.18. The number of rotatable bonds is 4. The van der Waals surface area contributed by atoms with Crippen LogP contribution in [0.2, 0.25) is 0 Å². The van der Waals surface area contributed by atoms with Crippen LogP contribution in [0.1, 0.15) is 57.4 Å². The van der Waals surface area contributed by atoms with Gasteiger partial charge in [-0.25, -0.2) is 0 Å². The van der Waals surface area contributed by atoms with E-state index in [2.05, 4.69) is 36.9 Å². The Kier molecular flexibility index (Phi) is 4.51. The van der Waals surface area contributed by atoms with Crippen molar-refractivity contribution in [1.29, 1.82) is 0 Å². The largest absolute Gasteiger partial charge is 0.397 e. The molecule has 1 saturated carbocycles. The lowest BCUT2D eigenvalue weighted by molar-refractivity contribution is 0.443. The van der Waals surface area contributed by atoms with Gasteiger partial charge in [0.2, 0.25) is 0 Å². The van der Waals surface area contributed by atoms with Gasteiger partial charge in [0.25, 0.3) is 0 Å². The van der Waals surface area contributed by atoms with Crippen molar-refractivity contribution in [2.45, 2.75) is 51.9 Å². The van der Waals surface area contributed by atoms with Gasteiger partial charge in [0, 0.05) is 13.1 Å². The zero-order valence-electron chi connectivity index (χ0n) is 11.8. The minimum Gasteiger partial charge on any atom is -0.397 e. The minimum atomic E-state index is 0.758. The molecule has 0 radical (unpaired) electrons. The smallest absolute Gasteiger partial charge is 0.0602 e. The lowest BCUT2D eigenvalue weighted by Crippen LogP contribution is -2.23. The zero-order chi connectivity index (χ0) is 13.0. The van der Waals surface area contributed by atoms with E-state index in [0.717, 1.165) is 24.7 Å². The molecule has 0 bridgehead atoms. The van der Waals surface area contributed by atoms with Gasteiger partial charge >= 0.3 is 0 Å². The Morgan fingerprint density at radius 2 is 1.78 bits per heavy atom. The van der Waals surface area contributed by atoms with Crippen LogP contribution in [0.3, 0.4) is 0 Å². The molecule has 1 aromatic carbocycles. The van der Waals surface area contributed by atoms with Crippen molar-refractivity contribution >= 4 is 11.4 Å². The molecule has 2 rings (SSSR count). The fourth-order valence-corrected chi connectivity index (χ4v) is 3.09. The number of nitrogen functional groups attached to an aromatic ring is 1. The highest BCUT2D eigenvalue weighted by Crippen LogP contribution is 2.35. The van der Waals surface area contributed by atoms with Crippen LogP contribution in [-0.4, -0.2) is 13.1 Å². The molecule has 2 nitrogen and oxygen atoms in total. The Morgan fingerprint density at radius 1 is 1.11 bits per heavy atom. The van der Waals surface area contributed by atoms with Crippen molar-refractivity contribution in [2.75, 3.05) is 23.7 Å². The van der Waals surface area contributed by atoms with Crippen LogP contribution in [-0.2, 0) is 0 Å².